The van der Waals surface area contributed by atoms with E-state index >= 15 is 0 Å². The van der Waals surface area contributed by atoms with Crippen LogP contribution in [0, 0.1) is 0 Å². The van der Waals surface area contributed by atoms with Crippen LogP contribution in [0.2, 0.25) is 0 Å². The van der Waals surface area contributed by atoms with Crippen LogP contribution in [0.15, 0.2) is 48.9 Å². The van der Waals surface area contributed by atoms with Gasteiger partial charge in [0.2, 0.25) is 0 Å². The molecule has 2 unspecified atom stereocenters. The highest BCUT2D eigenvalue weighted by Crippen LogP contribution is 2.14. The van der Waals surface area contributed by atoms with Crippen LogP contribution < -0.4 is 5.32 Å². The first-order chi connectivity index (χ1) is 11.6. The molecule has 0 aliphatic carbocycles. The minimum absolute atomic E-state index is 0.163. The predicted octanol–water partition coefficient (Wildman–Crippen LogP) is 0.482. The summed E-state index contributed by atoms with van der Waals surface area (Å²) in [4.78, 5) is 34.0. The molecule has 24 heavy (non-hydrogen) atoms. The molecular weight excluding hydrogens is 308 g/mol. The zero-order valence-electron chi connectivity index (χ0n) is 13.0. The number of β-amino-alcohol motifs (C(OH)–C–C–N with tert-alkyl or cyclic N) is 1. The number of hydrogen-bond acceptors (Lipinski definition) is 5. The summed E-state index contributed by atoms with van der Waals surface area (Å²) in [5.41, 5.74) is 0.841. The number of nitrogens with one attached hydrogen (secondary N) is 1. The average molecular weight is 326 g/mol. The molecule has 1 saturated heterocycles. The maximum absolute atomic E-state index is 12.4. The second-order valence-corrected chi connectivity index (χ2v) is 5.64. The smallest absolute Gasteiger partial charge is 0.272 e. The number of aromatic nitrogens is 2. The lowest BCUT2D eigenvalue weighted by Gasteiger charge is -2.36. The van der Waals surface area contributed by atoms with Crippen molar-refractivity contribution < 1.29 is 14.7 Å². The number of rotatable bonds is 3. The Morgan fingerprint density at radius 1 is 1.17 bits per heavy atom. The van der Waals surface area contributed by atoms with Crippen molar-refractivity contribution in [2.45, 2.75) is 18.6 Å². The molecule has 7 nitrogen and oxygen atoms in total. The van der Waals surface area contributed by atoms with Crippen molar-refractivity contribution in [2.75, 3.05) is 13.1 Å². The summed E-state index contributed by atoms with van der Waals surface area (Å²) < 4.78 is 0. The molecule has 1 aliphatic heterocycles. The first kappa shape index (κ1) is 16.1. The second kappa shape index (κ2) is 7.18. The van der Waals surface area contributed by atoms with E-state index < -0.39 is 12.1 Å². The van der Waals surface area contributed by atoms with E-state index in [1.165, 1.54) is 0 Å². The molecule has 2 N–H and O–H groups in total. The van der Waals surface area contributed by atoms with Gasteiger partial charge in [0, 0.05) is 37.2 Å². The van der Waals surface area contributed by atoms with E-state index in [2.05, 4.69) is 15.3 Å². The van der Waals surface area contributed by atoms with Crippen LogP contribution in [0.25, 0.3) is 0 Å². The molecule has 0 radical (unpaired) electrons. The fourth-order valence-electron chi connectivity index (χ4n) is 2.69. The van der Waals surface area contributed by atoms with Crippen LogP contribution in [0.3, 0.4) is 0 Å². The largest absolute Gasteiger partial charge is 0.389 e. The predicted molar refractivity (Wildman–Crippen MR) is 86.3 cm³/mol. The van der Waals surface area contributed by atoms with Gasteiger partial charge in [-0.3, -0.25) is 19.6 Å². The highest BCUT2D eigenvalue weighted by Gasteiger charge is 2.32. The number of piperidine rings is 1. The molecule has 1 fully saturated rings. The number of amides is 2. The molecule has 0 saturated carbocycles. The summed E-state index contributed by atoms with van der Waals surface area (Å²) in [7, 11) is 0. The SMILES string of the molecule is O=C(NC1CCN(C(=O)c2ccccn2)CC1O)c1ccncc1. The van der Waals surface area contributed by atoms with Crippen molar-refractivity contribution in [1.82, 2.24) is 20.2 Å². The van der Waals surface area contributed by atoms with Gasteiger partial charge in [-0.05, 0) is 30.7 Å². The molecule has 2 amide bonds. The molecule has 2 aromatic heterocycles. The van der Waals surface area contributed by atoms with Gasteiger partial charge >= 0.3 is 0 Å². The number of pyridine rings is 2. The van der Waals surface area contributed by atoms with Crippen molar-refractivity contribution >= 4 is 11.8 Å². The molecular formula is C17H18N4O3. The maximum atomic E-state index is 12.4. The van der Waals surface area contributed by atoms with Crippen molar-refractivity contribution in [1.29, 1.82) is 0 Å². The van der Waals surface area contributed by atoms with Crippen LogP contribution in [0.5, 0.6) is 0 Å². The Bertz CT molecular complexity index is 708. The standard InChI is InChI=1S/C17H18N4O3/c22-15-11-21(17(24)14-3-1-2-7-19-14)10-6-13(15)20-16(23)12-4-8-18-9-5-12/h1-5,7-9,13,15,22H,6,10-11H2,(H,20,23). The number of aliphatic hydroxyl groups is 1. The van der Waals surface area contributed by atoms with Gasteiger partial charge in [-0.15, -0.1) is 0 Å². The number of carbonyl (C=O) groups excluding carboxylic acids is 2. The third kappa shape index (κ3) is 3.57. The summed E-state index contributed by atoms with van der Waals surface area (Å²) in [6.45, 7) is 0.616. The highest BCUT2D eigenvalue weighted by molar-refractivity contribution is 5.94. The van der Waals surface area contributed by atoms with Gasteiger partial charge < -0.3 is 15.3 Å². The van der Waals surface area contributed by atoms with E-state index in [-0.39, 0.29) is 18.4 Å². The van der Waals surface area contributed by atoms with Crippen molar-refractivity contribution in [3.63, 3.8) is 0 Å². The van der Waals surface area contributed by atoms with Gasteiger partial charge in [0.25, 0.3) is 11.8 Å². The molecule has 0 aromatic carbocycles. The van der Waals surface area contributed by atoms with Crippen LogP contribution in [0.1, 0.15) is 27.3 Å². The Labute approximate surface area is 139 Å². The summed E-state index contributed by atoms with van der Waals surface area (Å²) in [6, 6.07) is 7.97. The van der Waals surface area contributed by atoms with Crippen LogP contribution in [0.4, 0.5) is 0 Å². The van der Waals surface area contributed by atoms with Gasteiger partial charge in [-0.25, -0.2) is 0 Å². The lowest BCUT2D eigenvalue weighted by Crippen LogP contribution is -2.55. The van der Waals surface area contributed by atoms with Crippen LogP contribution in [-0.2, 0) is 0 Å². The molecule has 7 heteroatoms. The third-order valence-corrected chi connectivity index (χ3v) is 4.01. The third-order valence-electron chi connectivity index (χ3n) is 4.01. The van der Waals surface area contributed by atoms with E-state index in [1.54, 1.807) is 53.8 Å². The summed E-state index contributed by atoms with van der Waals surface area (Å²) in [5, 5.41) is 13.1. The maximum Gasteiger partial charge on any atom is 0.272 e. The highest BCUT2D eigenvalue weighted by atomic mass is 16.3. The van der Waals surface area contributed by atoms with E-state index in [0.29, 0.717) is 24.2 Å². The monoisotopic (exact) mass is 326 g/mol. The van der Waals surface area contributed by atoms with Gasteiger partial charge in [0.1, 0.15) is 5.69 Å². The zero-order valence-corrected chi connectivity index (χ0v) is 13.0. The number of hydrogen-bond donors (Lipinski definition) is 2. The Balaban J connectivity index is 1.59. The average Bonchev–Trinajstić information content (AvgIpc) is 2.64. The molecule has 2 atom stereocenters. The Morgan fingerprint density at radius 2 is 1.96 bits per heavy atom. The number of aliphatic hydroxyl groups excluding tert-OH is 1. The lowest BCUT2D eigenvalue weighted by molar-refractivity contribution is 0.0311. The lowest BCUT2D eigenvalue weighted by atomic mass is 10.0. The van der Waals surface area contributed by atoms with Crippen LogP contribution in [-0.4, -0.2) is 57.0 Å². The molecule has 2 aromatic rings. The van der Waals surface area contributed by atoms with Gasteiger partial charge in [0.15, 0.2) is 0 Å². The molecule has 0 bridgehead atoms. The number of likely N-dealkylation sites (tertiary alicyclic amines) is 1. The van der Waals surface area contributed by atoms with E-state index in [0.717, 1.165) is 0 Å². The fourth-order valence-corrected chi connectivity index (χ4v) is 2.69. The second-order valence-electron chi connectivity index (χ2n) is 5.64. The summed E-state index contributed by atoms with van der Waals surface area (Å²) in [5.74, 6) is -0.473. The van der Waals surface area contributed by atoms with E-state index in [9.17, 15) is 14.7 Å². The van der Waals surface area contributed by atoms with Crippen molar-refractivity contribution in [3.8, 4) is 0 Å². The van der Waals surface area contributed by atoms with Crippen molar-refractivity contribution in [3.05, 3.63) is 60.2 Å². The normalized spacial score (nSPS) is 20.5. The molecule has 1 aliphatic rings. The van der Waals surface area contributed by atoms with Gasteiger partial charge in [-0.2, -0.15) is 0 Å². The number of carbonyl (C=O) groups is 2. The quantitative estimate of drug-likeness (QED) is 0.855. The molecule has 0 spiro atoms. The van der Waals surface area contributed by atoms with E-state index in [4.69, 9.17) is 0 Å². The first-order valence-electron chi connectivity index (χ1n) is 7.74. The zero-order chi connectivity index (χ0) is 16.9. The van der Waals surface area contributed by atoms with Gasteiger partial charge in [0.05, 0.1) is 12.1 Å². The summed E-state index contributed by atoms with van der Waals surface area (Å²) >= 11 is 0. The van der Waals surface area contributed by atoms with E-state index in [1.807, 2.05) is 0 Å². The van der Waals surface area contributed by atoms with Gasteiger partial charge in [-0.1, -0.05) is 6.07 Å². The Kier molecular flexibility index (Phi) is 4.81. The topological polar surface area (TPSA) is 95.4 Å². The fraction of sp³-hybridized carbons (Fsp3) is 0.294. The number of nitrogens with zero attached hydrogens (tertiary/aromatic N) is 3. The first-order valence-corrected chi connectivity index (χ1v) is 7.74. The molecule has 3 rings (SSSR count). The Hall–Kier alpha value is -2.80. The minimum atomic E-state index is -0.822. The summed E-state index contributed by atoms with van der Waals surface area (Å²) in [6.07, 6.45) is 4.30. The van der Waals surface area contributed by atoms with Crippen LogP contribution >= 0.6 is 0 Å². The Morgan fingerprint density at radius 3 is 2.62 bits per heavy atom. The molecule has 3 heterocycles. The minimum Gasteiger partial charge on any atom is -0.389 e. The molecule has 124 valence electrons. The van der Waals surface area contributed by atoms with Crippen molar-refractivity contribution in [2.24, 2.45) is 0 Å².